The van der Waals surface area contributed by atoms with E-state index in [1.165, 1.54) is 13.2 Å². The normalized spacial score (nSPS) is 10.7. The van der Waals surface area contributed by atoms with E-state index in [1.54, 1.807) is 24.3 Å². The SMILES string of the molecule is COc1cc(/C=C(\C#N)C(=O)NCc2ccccc2)cc(Br)c1OCC(=O)Nc1ccccc1. The highest BCUT2D eigenvalue weighted by molar-refractivity contribution is 9.10. The van der Waals surface area contributed by atoms with Crippen LogP contribution in [0, 0.1) is 11.3 Å². The van der Waals surface area contributed by atoms with Crippen molar-refractivity contribution in [2.75, 3.05) is 19.0 Å². The first-order valence-corrected chi connectivity index (χ1v) is 11.1. The monoisotopic (exact) mass is 519 g/mol. The Kier molecular flexibility index (Phi) is 8.83. The van der Waals surface area contributed by atoms with Crippen LogP contribution in [0.2, 0.25) is 0 Å². The number of carbonyl (C=O) groups excluding carboxylic acids is 2. The maximum Gasteiger partial charge on any atom is 0.262 e. The van der Waals surface area contributed by atoms with Crippen LogP contribution in [0.5, 0.6) is 11.5 Å². The zero-order valence-corrected chi connectivity index (χ0v) is 20.0. The number of carbonyl (C=O) groups is 2. The van der Waals surface area contributed by atoms with Gasteiger partial charge in [0.05, 0.1) is 11.6 Å². The number of para-hydroxylation sites is 1. The molecule has 3 aromatic rings. The molecule has 172 valence electrons. The average molecular weight is 520 g/mol. The standard InChI is InChI=1S/C26H22BrN3O4/c1-33-23-14-19(12-20(15-28)26(32)29-16-18-8-4-2-5-9-18)13-22(27)25(23)34-17-24(31)30-21-10-6-3-7-11-21/h2-14H,16-17H2,1H3,(H,29,32)(H,30,31)/b20-12+. The summed E-state index contributed by atoms with van der Waals surface area (Å²) in [6.45, 7) is 0.0773. The van der Waals surface area contributed by atoms with Crippen molar-refractivity contribution in [1.29, 1.82) is 5.26 Å². The number of hydrogen-bond donors (Lipinski definition) is 2. The molecule has 0 atom stereocenters. The van der Waals surface area contributed by atoms with E-state index in [0.29, 0.717) is 33.8 Å². The van der Waals surface area contributed by atoms with E-state index in [1.807, 2.05) is 54.6 Å². The minimum Gasteiger partial charge on any atom is -0.493 e. The first-order valence-electron chi connectivity index (χ1n) is 10.3. The molecule has 0 heterocycles. The summed E-state index contributed by atoms with van der Waals surface area (Å²) in [5.74, 6) is -0.143. The first-order chi connectivity index (χ1) is 16.5. The van der Waals surface area contributed by atoms with Crippen LogP contribution in [0.25, 0.3) is 6.08 Å². The van der Waals surface area contributed by atoms with Crippen LogP contribution in [-0.4, -0.2) is 25.5 Å². The fourth-order valence-corrected chi connectivity index (χ4v) is 3.58. The zero-order valence-electron chi connectivity index (χ0n) is 18.4. The molecule has 3 rings (SSSR count). The van der Waals surface area contributed by atoms with Gasteiger partial charge in [0.15, 0.2) is 18.1 Å². The van der Waals surface area contributed by atoms with E-state index in [-0.39, 0.29) is 18.1 Å². The fourth-order valence-electron chi connectivity index (χ4n) is 3.01. The molecule has 8 heteroatoms. The van der Waals surface area contributed by atoms with Gasteiger partial charge in [-0.3, -0.25) is 9.59 Å². The van der Waals surface area contributed by atoms with Gasteiger partial charge < -0.3 is 20.1 Å². The molecule has 0 fully saturated rings. The predicted molar refractivity (Wildman–Crippen MR) is 133 cm³/mol. The summed E-state index contributed by atoms with van der Waals surface area (Å²) >= 11 is 3.42. The second kappa shape index (κ2) is 12.2. The Morgan fingerprint density at radius 1 is 1.06 bits per heavy atom. The number of anilines is 1. The van der Waals surface area contributed by atoms with E-state index in [9.17, 15) is 14.9 Å². The molecule has 2 N–H and O–H groups in total. The molecule has 0 spiro atoms. The van der Waals surface area contributed by atoms with Crippen LogP contribution >= 0.6 is 15.9 Å². The largest absolute Gasteiger partial charge is 0.493 e. The number of ether oxygens (including phenoxy) is 2. The number of nitrogens with one attached hydrogen (secondary N) is 2. The van der Waals surface area contributed by atoms with Crippen molar-refractivity contribution in [3.63, 3.8) is 0 Å². The molecule has 3 aromatic carbocycles. The number of halogens is 1. The Balaban J connectivity index is 1.69. The summed E-state index contributed by atoms with van der Waals surface area (Å²) in [6.07, 6.45) is 1.46. The third-order valence-electron chi connectivity index (χ3n) is 4.63. The quantitative estimate of drug-likeness (QED) is 0.315. The smallest absolute Gasteiger partial charge is 0.262 e. The lowest BCUT2D eigenvalue weighted by Gasteiger charge is -2.14. The van der Waals surface area contributed by atoms with E-state index >= 15 is 0 Å². The molecule has 0 aromatic heterocycles. The first kappa shape index (κ1) is 24.6. The predicted octanol–water partition coefficient (Wildman–Crippen LogP) is 4.70. The minimum atomic E-state index is -0.487. The van der Waals surface area contributed by atoms with Crippen LogP contribution in [0.3, 0.4) is 0 Å². The lowest BCUT2D eigenvalue weighted by Crippen LogP contribution is -2.23. The Labute approximate surface area is 206 Å². The lowest BCUT2D eigenvalue weighted by molar-refractivity contribution is -0.118. The van der Waals surface area contributed by atoms with Crippen molar-refractivity contribution >= 4 is 39.5 Å². The van der Waals surface area contributed by atoms with Crippen LogP contribution in [0.1, 0.15) is 11.1 Å². The molecule has 0 aliphatic rings. The summed E-state index contributed by atoms with van der Waals surface area (Å²) in [7, 11) is 1.46. The fraction of sp³-hybridized carbons (Fsp3) is 0.115. The summed E-state index contributed by atoms with van der Waals surface area (Å²) in [5, 5.41) is 15.0. The minimum absolute atomic E-state index is 0.0548. The van der Waals surface area contributed by atoms with E-state index < -0.39 is 5.91 Å². The highest BCUT2D eigenvalue weighted by atomic mass is 79.9. The lowest BCUT2D eigenvalue weighted by atomic mass is 10.1. The van der Waals surface area contributed by atoms with Crippen molar-refractivity contribution in [2.45, 2.75) is 6.54 Å². The van der Waals surface area contributed by atoms with Gasteiger partial charge in [0.25, 0.3) is 11.8 Å². The molecule has 2 amide bonds. The van der Waals surface area contributed by atoms with Crippen LogP contribution in [0.4, 0.5) is 5.69 Å². The average Bonchev–Trinajstić information content (AvgIpc) is 2.86. The number of rotatable bonds is 9. The zero-order chi connectivity index (χ0) is 24.3. The Morgan fingerprint density at radius 2 is 1.74 bits per heavy atom. The highest BCUT2D eigenvalue weighted by Crippen LogP contribution is 2.37. The van der Waals surface area contributed by atoms with Gasteiger partial charge in [0.2, 0.25) is 0 Å². The van der Waals surface area contributed by atoms with Gasteiger partial charge in [-0.25, -0.2) is 0 Å². The number of amides is 2. The molecule has 34 heavy (non-hydrogen) atoms. The van der Waals surface area contributed by atoms with Gasteiger partial charge in [-0.05, 0) is 57.4 Å². The van der Waals surface area contributed by atoms with E-state index in [0.717, 1.165) is 5.56 Å². The van der Waals surface area contributed by atoms with Gasteiger partial charge in [-0.2, -0.15) is 5.26 Å². The Morgan fingerprint density at radius 3 is 2.38 bits per heavy atom. The molecule has 0 aliphatic heterocycles. The molecule has 0 aliphatic carbocycles. The molecule has 0 saturated heterocycles. The highest BCUT2D eigenvalue weighted by Gasteiger charge is 2.15. The van der Waals surface area contributed by atoms with Gasteiger partial charge in [-0.15, -0.1) is 0 Å². The van der Waals surface area contributed by atoms with Crippen LogP contribution in [-0.2, 0) is 16.1 Å². The molecular formula is C26H22BrN3O4. The van der Waals surface area contributed by atoms with E-state index in [4.69, 9.17) is 9.47 Å². The summed E-state index contributed by atoms with van der Waals surface area (Å²) in [6, 6.07) is 23.7. The molecule has 0 unspecified atom stereocenters. The van der Waals surface area contributed by atoms with Gasteiger partial charge in [0.1, 0.15) is 11.6 Å². The van der Waals surface area contributed by atoms with Crippen molar-refractivity contribution in [1.82, 2.24) is 5.32 Å². The number of hydrogen-bond acceptors (Lipinski definition) is 5. The summed E-state index contributed by atoms with van der Waals surface area (Å²) in [4.78, 5) is 24.7. The molecule has 7 nitrogen and oxygen atoms in total. The number of benzene rings is 3. The maximum atomic E-state index is 12.5. The Bertz CT molecular complexity index is 1220. The van der Waals surface area contributed by atoms with Gasteiger partial charge in [-0.1, -0.05) is 48.5 Å². The van der Waals surface area contributed by atoms with Crippen molar-refractivity contribution in [3.8, 4) is 17.6 Å². The second-order valence-electron chi connectivity index (χ2n) is 7.08. The van der Waals surface area contributed by atoms with Crippen LogP contribution in [0.15, 0.2) is 82.8 Å². The third kappa shape index (κ3) is 6.95. The van der Waals surface area contributed by atoms with Gasteiger partial charge >= 0.3 is 0 Å². The van der Waals surface area contributed by atoms with Crippen LogP contribution < -0.4 is 20.1 Å². The van der Waals surface area contributed by atoms with E-state index in [2.05, 4.69) is 26.6 Å². The van der Waals surface area contributed by atoms with Gasteiger partial charge in [0, 0.05) is 12.2 Å². The number of nitriles is 1. The second-order valence-corrected chi connectivity index (χ2v) is 7.93. The molecule has 0 bridgehead atoms. The van der Waals surface area contributed by atoms with Crippen molar-refractivity contribution < 1.29 is 19.1 Å². The Hall–Kier alpha value is -4.09. The number of methoxy groups -OCH3 is 1. The van der Waals surface area contributed by atoms with Crippen molar-refractivity contribution in [3.05, 3.63) is 94.0 Å². The third-order valence-corrected chi connectivity index (χ3v) is 5.22. The number of nitrogens with zero attached hydrogens (tertiary/aromatic N) is 1. The summed E-state index contributed by atoms with van der Waals surface area (Å²) < 4.78 is 11.6. The maximum absolute atomic E-state index is 12.5. The molecular weight excluding hydrogens is 498 g/mol. The van der Waals surface area contributed by atoms with Crippen molar-refractivity contribution in [2.24, 2.45) is 0 Å². The summed E-state index contributed by atoms with van der Waals surface area (Å²) in [5.41, 5.74) is 2.09. The molecule has 0 saturated carbocycles. The molecule has 0 radical (unpaired) electrons. The topological polar surface area (TPSA) is 100 Å².